The van der Waals surface area contributed by atoms with E-state index in [0.717, 1.165) is 60.9 Å². The fourth-order valence-corrected chi connectivity index (χ4v) is 4.44. The molecule has 0 atom stereocenters. The molecular weight excluding hydrogens is 354 g/mol. The minimum atomic E-state index is -0.0146. The lowest BCUT2D eigenvalue weighted by molar-refractivity contribution is 0.0559. The Morgan fingerprint density at radius 3 is 2.86 bits per heavy atom. The van der Waals surface area contributed by atoms with Crippen LogP contribution in [-0.4, -0.2) is 39.7 Å². The largest absolute Gasteiger partial charge is 0.490 e. The highest BCUT2D eigenvalue weighted by atomic mass is 16.5. The third-order valence-electron chi connectivity index (χ3n) is 6.06. The lowest BCUT2D eigenvalue weighted by Gasteiger charge is -2.32. The number of carbonyl (C=O) groups is 1. The zero-order valence-electron chi connectivity index (χ0n) is 16.2. The van der Waals surface area contributed by atoms with Crippen LogP contribution in [0.5, 0.6) is 5.75 Å². The summed E-state index contributed by atoms with van der Waals surface area (Å²) in [5.74, 6) is 1.37. The minimum Gasteiger partial charge on any atom is -0.490 e. The van der Waals surface area contributed by atoms with Crippen LogP contribution in [0.4, 0.5) is 0 Å². The van der Waals surface area contributed by atoms with Gasteiger partial charge >= 0.3 is 0 Å². The average molecular weight is 379 g/mol. The van der Waals surface area contributed by atoms with E-state index in [-0.39, 0.29) is 12.0 Å². The van der Waals surface area contributed by atoms with E-state index < -0.39 is 0 Å². The van der Waals surface area contributed by atoms with Gasteiger partial charge in [0.1, 0.15) is 11.9 Å². The highest BCUT2D eigenvalue weighted by Crippen LogP contribution is 2.30. The summed E-state index contributed by atoms with van der Waals surface area (Å²) in [7, 11) is 2.04. The number of ether oxygens (including phenoxy) is 1. The molecule has 5 rings (SSSR count). The minimum absolute atomic E-state index is 0.0146. The number of fused-ring (bicyclic) bond motifs is 2. The third kappa shape index (κ3) is 2.97. The third-order valence-corrected chi connectivity index (χ3v) is 6.06. The molecule has 6 nitrogen and oxygen atoms in total. The van der Waals surface area contributed by atoms with Crippen LogP contribution in [0.1, 0.15) is 47.5 Å². The number of piperidine rings is 1. The van der Waals surface area contributed by atoms with Crippen LogP contribution in [-0.2, 0) is 19.9 Å². The topological polar surface area (TPSA) is 60.5 Å². The van der Waals surface area contributed by atoms with Crippen molar-refractivity contribution < 1.29 is 14.1 Å². The predicted molar refractivity (Wildman–Crippen MR) is 106 cm³/mol. The van der Waals surface area contributed by atoms with E-state index in [4.69, 9.17) is 9.26 Å². The summed E-state index contributed by atoms with van der Waals surface area (Å²) in [6.45, 7) is 1.37. The second-order valence-electron chi connectivity index (χ2n) is 7.87. The first-order valence-electron chi connectivity index (χ1n) is 10.2. The lowest BCUT2D eigenvalue weighted by atomic mass is 9.95. The highest BCUT2D eigenvalue weighted by Gasteiger charge is 2.31. The average Bonchev–Trinajstić information content (AvgIpc) is 3.33. The summed E-state index contributed by atoms with van der Waals surface area (Å²) < 4.78 is 13.8. The van der Waals surface area contributed by atoms with Gasteiger partial charge in [-0.1, -0.05) is 11.2 Å². The molecule has 3 heterocycles. The van der Waals surface area contributed by atoms with Gasteiger partial charge in [0.25, 0.3) is 5.91 Å². The predicted octanol–water partition coefficient (Wildman–Crippen LogP) is 3.73. The molecule has 1 aliphatic carbocycles. The number of carbonyl (C=O) groups excluding carboxylic acids is 1. The van der Waals surface area contributed by atoms with Gasteiger partial charge in [0, 0.05) is 50.1 Å². The molecule has 1 aliphatic heterocycles. The second kappa shape index (κ2) is 7.00. The SMILES string of the molecule is Cn1ccc2c(OC3CCN(C(=O)c4onc5c4CCCC5)CC3)cccc21. The molecule has 1 amide bonds. The summed E-state index contributed by atoms with van der Waals surface area (Å²) >= 11 is 0. The molecule has 0 spiro atoms. The molecule has 6 heteroatoms. The molecule has 0 saturated carbocycles. The molecule has 0 unspecified atom stereocenters. The Labute approximate surface area is 164 Å². The van der Waals surface area contributed by atoms with Gasteiger partial charge in [-0.3, -0.25) is 4.79 Å². The van der Waals surface area contributed by atoms with E-state index in [2.05, 4.69) is 28.1 Å². The van der Waals surface area contributed by atoms with Crippen molar-refractivity contribution in [2.75, 3.05) is 13.1 Å². The van der Waals surface area contributed by atoms with Gasteiger partial charge in [0.15, 0.2) is 0 Å². The maximum absolute atomic E-state index is 12.9. The Balaban J connectivity index is 1.25. The number of amides is 1. The van der Waals surface area contributed by atoms with E-state index in [9.17, 15) is 4.79 Å². The molecule has 1 fully saturated rings. The van der Waals surface area contributed by atoms with Crippen molar-refractivity contribution in [2.45, 2.75) is 44.6 Å². The van der Waals surface area contributed by atoms with E-state index in [1.807, 2.05) is 24.1 Å². The van der Waals surface area contributed by atoms with Crippen LogP contribution in [0.3, 0.4) is 0 Å². The molecule has 2 aromatic heterocycles. The molecule has 0 radical (unpaired) electrons. The number of rotatable bonds is 3. The highest BCUT2D eigenvalue weighted by molar-refractivity contribution is 5.93. The number of hydrogen-bond donors (Lipinski definition) is 0. The maximum atomic E-state index is 12.9. The Morgan fingerprint density at radius 2 is 2.00 bits per heavy atom. The quantitative estimate of drug-likeness (QED) is 0.696. The van der Waals surface area contributed by atoms with Crippen molar-refractivity contribution in [1.29, 1.82) is 0 Å². The summed E-state index contributed by atoms with van der Waals surface area (Å²) in [5, 5.41) is 5.26. The molecule has 3 aromatic rings. The fourth-order valence-electron chi connectivity index (χ4n) is 4.44. The van der Waals surface area contributed by atoms with E-state index in [1.54, 1.807) is 0 Å². The van der Waals surface area contributed by atoms with Crippen LogP contribution in [0.15, 0.2) is 35.0 Å². The van der Waals surface area contributed by atoms with Crippen molar-refractivity contribution in [3.8, 4) is 5.75 Å². The van der Waals surface area contributed by atoms with Gasteiger partial charge in [-0.25, -0.2) is 0 Å². The smallest absolute Gasteiger partial charge is 0.292 e. The first-order valence-corrected chi connectivity index (χ1v) is 10.2. The van der Waals surface area contributed by atoms with Crippen LogP contribution >= 0.6 is 0 Å². The van der Waals surface area contributed by atoms with Crippen LogP contribution < -0.4 is 4.74 Å². The van der Waals surface area contributed by atoms with Crippen LogP contribution in [0.2, 0.25) is 0 Å². The number of aromatic nitrogens is 2. The summed E-state index contributed by atoms with van der Waals surface area (Å²) in [5.41, 5.74) is 3.18. The number of hydrogen-bond acceptors (Lipinski definition) is 4. The van der Waals surface area contributed by atoms with Gasteiger partial charge < -0.3 is 18.7 Å². The van der Waals surface area contributed by atoms with Crippen molar-refractivity contribution in [3.05, 3.63) is 47.5 Å². The Hall–Kier alpha value is -2.76. The molecule has 1 saturated heterocycles. The molecule has 28 heavy (non-hydrogen) atoms. The van der Waals surface area contributed by atoms with E-state index >= 15 is 0 Å². The van der Waals surface area contributed by atoms with Crippen molar-refractivity contribution in [1.82, 2.24) is 14.6 Å². The van der Waals surface area contributed by atoms with E-state index in [1.165, 1.54) is 5.52 Å². The monoisotopic (exact) mass is 379 g/mol. The van der Waals surface area contributed by atoms with Crippen molar-refractivity contribution in [2.24, 2.45) is 7.05 Å². The molecule has 0 N–H and O–H groups in total. The zero-order valence-corrected chi connectivity index (χ0v) is 16.2. The second-order valence-corrected chi connectivity index (χ2v) is 7.87. The Bertz CT molecular complexity index is 1010. The molecule has 146 valence electrons. The summed E-state index contributed by atoms with van der Waals surface area (Å²) in [6.07, 6.45) is 7.89. The lowest BCUT2D eigenvalue weighted by Crippen LogP contribution is -2.42. The first-order chi connectivity index (χ1) is 13.7. The first kappa shape index (κ1) is 17.3. The summed E-state index contributed by atoms with van der Waals surface area (Å²) in [6, 6.07) is 8.25. The molecule has 1 aromatic carbocycles. The Morgan fingerprint density at radius 1 is 1.18 bits per heavy atom. The van der Waals surface area contributed by atoms with Gasteiger partial charge in [0.05, 0.1) is 11.2 Å². The number of likely N-dealkylation sites (tertiary alicyclic amines) is 1. The van der Waals surface area contributed by atoms with Crippen LogP contribution in [0.25, 0.3) is 10.9 Å². The number of nitrogens with zero attached hydrogens (tertiary/aromatic N) is 3. The molecule has 0 bridgehead atoms. The molecular formula is C22H25N3O3. The zero-order chi connectivity index (χ0) is 19.1. The van der Waals surface area contributed by atoms with Crippen molar-refractivity contribution >= 4 is 16.8 Å². The standard InChI is InChI=1S/C22H25N3O3/c1-24-12-11-17-19(24)7-4-8-20(17)27-15-9-13-25(14-10-15)22(26)21-16-5-2-3-6-18(16)23-28-21/h4,7-8,11-12,15H,2-3,5-6,9-10,13-14H2,1H3. The van der Waals surface area contributed by atoms with Gasteiger partial charge in [-0.15, -0.1) is 0 Å². The maximum Gasteiger partial charge on any atom is 0.292 e. The van der Waals surface area contributed by atoms with Gasteiger partial charge in [-0.2, -0.15) is 0 Å². The van der Waals surface area contributed by atoms with E-state index in [0.29, 0.717) is 18.8 Å². The molecule has 2 aliphatic rings. The van der Waals surface area contributed by atoms with Gasteiger partial charge in [0.2, 0.25) is 5.76 Å². The number of aryl methyl sites for hydroxylation is 2. The Kier molecular flexibility index (Phi) is 4.34. The van der Waals surface area contributed by atoms with Crippen LogP contribution in [0, 0.1) is 0 Å². The summed E-state index contributed by atoms with van der Waals surface area (Å²) in [4.78, 5) is 14.8. The number of benzene rings is 1. The fraction of sp³-hybridized carbons (Fsp3) is 0.455. The normalized spacial score (nSPS) is 17.7. The van der Waals surface area contributed by atoms with Crippen molar-refractivity contribution in [3.63, 3.8) is 0 Å². The van der Waals surface area contributed by atoms with Gasteiger partial charge in [-0.05, 0) is 43.9 Å².